The molecule has 0 aliphatic rings. The number of nitrogens with two attached hydrogens (primary N) is 2. The zero-order valence-electron chi connectivity index (χ0n) is 6.77. The van der Waals surface area contributed by atoms with Crippen LogP contribution in [0.1, 0.15) is 10.4 Å². The number of pyridine rings is 1. The third-order valence-corrected chi connectivity index (χ3v) is 1.32. The number of aromatic nitrogens is 1. The van der Waals surface area contributed by atoms with Crippen LogP contribution in [0.4, 0.5) is 5.82 Å². The number of hydrogen-bond donors (Lipinski definition) is 3. The SMILES string of the molecule is NN=CNC(=O)c1ccc(N)nc1. The fourth-order valence-electron chi connectivity index (χ4n) is 0.719. The van der Waals surface area contributed by atoms with Gasteiger partial charge in [0.15, 0.2) is 0 Å². The second-order valence-electron chi connectivity index (χ2n) is 2.22. The van der Waals surface area contributed by atoms with E-state index in [4.69, 9.17) is 11.6 Å². The number of rotatable bonds is 2. The highest BCUT2D eigenvalue weighted by molar-refractivity contribution is 6.00. The first-order valence-electron chi connectivity index (χ1n) is 3.48. The molecule has 0 saturated carbocycles. The number of hydrazone groups is 1. The van der Waals surface area contributed by atoms with E-state index in [-0.39, 0.29) is 5.91 Å². The van der Waals surface area contributed by atoms with Gasteiger partial charge in [0, 0.05) is 6.20 Å². The Labute approximate surface area is 74.6 Å². The topological polar surface area (TPSA) is 106 Å². The fourth-order valence-corrected chi connectivity index (χ4v) is 0.719. The summed E-state index contributed by atoms with van der Waals surface area (Å²) in [5.41, 5.74) is 5.74. The Morgan fingerprint density at radius 2 is 2.38 bits per heavy atom. The summed E-state index contributed by atoms with van der Waals surface area (Å²) in [6.45, 7) is 0. The fraction of sp³-hybridized carbons (Fsp3) is 0. The van der Waals surface area contributed by atoms with Gasteiger partial charge >= 0.3 is 0 Å². The highest BCUT2D eigenvalue weighted by Gasteiger charge is 2.02. The highest BCUT2D eigenvalue weighted by atomic mass is 16.1. The molecule has 0 aliphatic heterocycles. The van der Waals surface area contributed by atoms with E-state index in [1.165, 1.54) is 12.3 Å². The molecule has 13 heavy (non-hydrogen) atoms. The van der Waals surface area contributed by atoms with Crippen LogP contribution in [-0.2, 0) is 0 Å². The van der Waals surface area contributed by atoms with E-state index < -0.39 is 0 Å². The van der Waals surface area contributed by atoms with E-state index in [0.29, 0.717) is 11.4 Å². The Bertz CT molecular complexity index is 318. The molecule has 1 amide bonds. The van der Waals surface area contributed by atoms with Crippen LogP contribution >= 0.6 is 0 Å². The van der Waals surface area contributed by atoms with Crippen molar-refractivity contribution in [1.82, 2.24) is 10.3 Å². The smallest absolute Gasteiger partial charge is 0.257 e. The molecular formula is C7H9N5O. The van der Waals surface area contributed by atoms with Crippen LogP contribution in [-0.4, -0.2) is 17.2 Å². The second-order valence-corrected chi connectivity index (χ2v) is 2.22. The third-order valence-electron chi connectivity index (χ3n) is 1.32. The van der Waals surface area contributed by atoms with Crippen molar-refractivity contribution in [3.05, 3.63) is 23.9 Å². The Kier molecular flexibility index (Phi) is 2.80. The first-order chi connectivity index (χ1) is 6.24. The second kappa shape index (κ2) is 4.05. The van der Waals surface area contributed by atoms with Gasteiger partial charge < -0.3 is 16.9 Å². The minimum absolute atomic E-state index is 0.332. The number of nitrogens with one attached hydrogen (secondary N) is 1. The van der Waals surface area contributed by atoms with E-state index in [1.54, 1.807) is 6.07 Å². The first kappa shape index (κ1) is 8.98. The maximum atomic E-state index is 11.2. The number of nitrogens with zero attached hydrogens (tertiary/aromatic N) is 2. The molecule has 5 N–H and O–H groups in total. The summed E-state index contributed by atoms with van der Waals surface area (Å²) in [4.78, 5) is 14.9. The van der Waals surface area contributed by atoms with Crippen LogP contribution in [0.15, 0.2) is 23.4 Å². The quantitative estimate of drug-likeness (QED) is 0.241. The van der Waals surface area contributed by atoms with Gasteiger partial charge in [-0.05, 0) is 12.1 Å². The molecule has 0 spiro atoms. The van der Waals surface area contributed by atoms with Crippen molar-refractivity contribution in [1.29, 1.82) is 0 Å². The Morgan fingerprint density at radius 1 is 1.62 bits per heavy atom. The predicted octanol–water partition coefficient (Wildman–Crippen LogP) is -0.704. The molecule has 0 saturated heterocycles. The van der Waals surface area contributed by atoms with E-state index in [1.807, 2.05) is 0 Å². The molecule has 0 bridgehead atoms. The molecule has 0 fully saturated rings. The van der Waals surface area contributed by atoms with E-state index in [2.05, 4.69) is 15.4 Å². The molecule has 0 atom stereocenters. The van der Waals surface area contributed by atoms with Gasteiger partial charge in [-0.15, -0.1) is 0 Å². The maximum Gasteiger partial charge on any atom is 0.257 e. The van der Waals surface area contributed by atoms with Crippen molar-refractivity contribution in [2.45, 2.75) is 0 Å². The zero-order valence-corrected chi connectivity index (χ0v) is 6.77. The summed E-state index contributed by atoms with van der Waals surface area (Å²) in [6, 6.07) is 3.09. The van der Waals surface area contributed by atoms with Gasteiger partial charge in [-0.25, -0.2) is 4.98 Å². The lowest BCUT2D eigenvalue weighted by Gasteiger charge is -1.98. The monoisotopic (exact) mass is 179 g/mol. The molecule has 0 radical (unpaired) electrons. The maximum absolute atomic E-state index is 11.2. The molecule has 1 heterocycles. The van der Waals surface area contributed by atoms with Crippen molar-refractivity contribution in [3.63, 3.8) is 0 Å². The molecule has 6 nitrogen and oxygen atoms in total. The summed E-state index contributed by atoms with van der Waals surface area (Å²) < 4.78 is 0. The Hall–Kier alpha value is -2.11. The summed E-state index contributed by atoms with van der Waals surface area (Å²) in [7, 11) is 0. The minimum atomic E-state index is -0.332. The Balaban J connectivity index is 2.72. The molecule has 1 rings (SSSR count). The normalized spacial score (nSPS) is 10.2. The molecule has 0 unspecified atom stereocenters. The third kappa shape index (κ3) is 2.44. The van der Waals surface area contributed by atoms with Gasteiger partial charge in [0.2, 0.25) is 0 Å². The zero-order chi connectivity index (χ0) is 9.68. The van der Waals surface area contributed by atoms with Gasteiger partial charge in [-0.1, -0.05) is 0 Å². The predicted molar refractivity (Wildman–Crippen MR) is 48.8 cm³/mol. The van der Waals surface area contributed by atoms with Gasteiger partial charge in [0.1, 0.15) is 12.2 Å². The largest absolute Gasteiger partial charge is 0.384 e. The first-order valence-corrected chi connectivity index (χ1v) is 3.48. The summed E-state index contributed by atoms with van der Waals surface area (Å²) in [6.07, 6.45) is 2.47. The van der Waals surface area contributed by atoms with Crippen LogP contribution in [0.5, 0.6) is 0 Å². The number of hydrogen-bond acceptors (Lipinski definition) is 5. The van der Waals surface area contributed by atoms with Gasteiger partial charge in [0.25, 0.3) is 5.91 Å². The number of amides is 1. The average Bonchev–Trinajstić information content (AvgIpc) is 2.15. The van der Waals surface area contributed by atoms with Crippen LogP contribution in [0.3, 0.4) is 0 Å². The van der Waals surface area contributed by atoms with Crippen LogP contribution < -0.4 is 16.9 Å². The van der Waals surface area contributed by atoms with Gasteiger partial charge in [-0.3, -0.25) is 4.79 Å². The average molecular weight is 179 g/mol. The lowest BCUT2D eigenvalue weighted by Crippen LogP contribution is -2.22. The number of carbonyl (C=O) groups excluding carboxylic acids is 1. The van der Waals surface area contributed by atoms with Crippen molar-refractivity contribution in [3.8, 4) is 0 Å². The van der Waals surface area contributed by atoms with Crippen LogP contribution in [0, 0.1) is 0 Å². The molecular weight excluding hydrogens is 170 g/mol. The van der Waals surface area contributed by atoms with Crippen LogP contribution in [0.25, 0.3) is 0 Å². The number of nitrogen functional groups attached to an aromatic ring is 1. The highest BCUT2D eigenvalue weighted by Crippen LogP contribution is 1.99. The Morgan fingerprint density at radius 3 is 2.92 bits per heavy atom. The van der Waals surface area contributed by atoms with Gasteiger partial charge in [-0.2, -0.15) is 5.10 Å². The lowest BCUT2D eigenvalue weighted by molar-refractivity contribution is 0.0978. The molecule has 6 heteroatoms. The van der Waals surface area contributed by atoms with Crippen LogP contribution in [0.2, 0.25) is 0 Å². The van der Waals surface area contributed by atoms with Crippen molar-refractivity contribution < 1.29 is 4.79 Å². The van der Waals surface area contributed by atoms with Crippen molar-refractivity contribution in [2.75, 3.05) is 5.73 Å². The molecule has 0 aromatic carbocycles. The summed E-state index contributed by atoms with van der Waals surface area (Å²) >= 11 is 0. The van der Waals surface area contributed by atoms with Gasteiger partial charge in [0.05, 0.1) is 5.56 Å². The molecule has 68 valence electrons. The van der Waals surface area contributed by atoms with E-state index in [9.17, 15) is 4.79 Å². The standard InChI is InChI=1S/C7H9N5O/c8-6-2-1-5(3-10-6)7(13)11-4-12-9/h1-4H,9H2,(H2,8,10)(H,11,12,13). The molecule has 1 aromatic rings. The molecule has 0 aliphatic carbocycles. The van der Waals surface area contributed by atoms with E-state index >= 15 is 0 Å². The van der Waals surface area contributed by atoms with E-state index in [0.717, 1.165) is 6.34 Å². The summed E-state index contributed by atoms with van der Waals surface area (Å²) in [5.74, 6) is 4.83. The lowest BCUT2D eigenvalue weighted by atomic mass is 10.3. The van der Waals surface area contributed by atoms with Crippen molar-refractivity contribution in [2.24, 2.45) is 10.9 Å². The number of anilines is 1. The summed E-state index contributed by atoms with van der Waals surface area (Å²) in [5, 5.41) is 5.45. The van der Waals surface area contributed by atoms with Crippen molar-refractivity contribution >= 4 is 18.1 Å². The number of carbonyl (C=O) groups is 1. The molecule has 1 aromatic heterocycles. The minimum Gasteiger partial charge on any atom is -0.384 e.